The zero-order valence-electron chi connectivity index (χ0n) is 20.1. The van der Waals surface area contributed by atoms with Gasteiger partial charge in [-0.2, -0.15) is 0 Å². The van der Waals surface area contributed by atoms with Crippen LogP contribution < -0.4 is 5.32 Å². The second kappa shape index (κ2) is 9.04. The molecule has 3 atom stereocenters. The number of benzene rings is 1. The maximum absolute atomic E-state index is 13.5. The van der Waals surface area contributed by atoms with E-state index in [0.717, 1.165) is 30.4 Å². The minimum Gasteiger partial charge on any atom is -0.480 e. The van der Waals surface area contributed by atoms with E-state index in [0.29, 0.717) is 31.1 Å². The van der Waals surface area contributed by atoms with Gasteiger partial charge in [0.2, 0.25) is 11.8 Å². The first-order chi connectivity index (χ1) is 16.1. The number of likely N-dealkylation sites (N-methyl/N-ethyl adjacent to an activating group) is 1. The normalized spacial score (nSPS) is 29.9. The number of amides is 2. The molecule has 0 aliphatic heterocycles. The molecular weight excluding hydrogens is 436 g/mol. The van der Waals surface area contributed by atoms with Crippen molar-refractivity contribution in [3.63, 3.8) is 0 Å². The summed E-state index contributed by atoms with van der Waals surface area (Å²) in [7, 11) is 4.80. The average molecular weight is 471 g/mol. The molecule has 34 heavy (non-hydrogen) atoms. The van der Waals surface area contributed by atoms with Crippen LogP contribution in [0.5, 0.6) is 0 Å². The number of hydrogen-bond donors (Lipinski definition) is 2. The number of carboxylic acid groups (broad SMARTS) is 1. The SMILES string of the molecule is COC(=O)C12CC3CC(CC(C(=O)N[C@@H](Cc4ccc(CC(=O)N(C)C)cc4)C(=O)O)(C3)C1)C2. The van der Waals surface area contributed by atoms with E-state index >= 15 is 0 Å². The fourth-order valence-corrected chi connectivity index (χ4v) is 6.86. The number of nitrogens with one attached hydrogen (secondary N) is 1. The molecule has 0 aromatic heterocycles. The van der Waals surface area contributed by atoms with E-state index in [4.69, 9.17) is 4.74 Å². The summed E-state index contributed by atoms with van der Waals surface area (Å²) in [5.74, 6) is -0.994. The summed E-state index contributed by atoms with van der Waals surface area (Å²) in [6, 6.07) is 6.17. The van der Waals surface area contributed by atoms with Crippen molar-refractivity contribution in [3.05, 3.63) is 35.4 Å². The Morgan fingerprint density at radius 2 is 1.59 bits per heavy atom. The van der Waals surface area contributed by atoms with Crippen molar-refractivity contribution in [2.45, 2.75) is 57.4 Å². The number of carbonyl (C=O) groups excluding carboxylic acids is 3. The Morgan fingerprint density at radius 3 is 2.12 bits per heavy atom. The van der Waals surface area contributed by atoms with Gasteiger partial charge in [-0.05, 0) is 61.5 Å². The number of carbonyl (C=O) groups is 4. The molecule has 0 spiro atoms. The molecule has 8 heteroatoms. The Labute approximate surface area is 200 Å². The molecule has 4 aliphatic carbocycles. The standard InChI is InChI=1S/C26H34N2O6/c1-28(2)21(29)10-17-6-4-16(5-7-17)9-20(22(30)31)27-23(32)25-11-18-8-19(12-25)14-26(13-18,15-25)24(33)34-3/h4-7,18-20H,8-15H2,1-3H3,(H,27,32)(H,30,31)/t18?,19?,20-,25?,26?/m0/s1. The Morgan fingerprint density at radius 1 is 1.03 bits per heavy atom. The minimum atomic E-state index is -1.09. The Bertz CT molecular complexity index is 972. The molecule has 5 rings (SSSR count). The molecule has 2 amide bonds. The molecule has 184 valence electrons. The molecule has 2 N–H and O–H groups in total. The Hall–Kier alpha value is -2.90. The highest BCUT2D eigenvalue weighted by molar-refractivity contribution is 5.89. The number of methoxy groups -OCH3 is 1. The van der Waals surface area contributed by atoms with E-state index in [1.54, 1.807) is 26.2 Å². The predicted molar refractivity (Wildman–Crippen MR) is 124 cm³/mol. The predicted octanol–water partition coefficient (Wildman–Crippen LogP) is 2.19. The summed E-state index contributed by atoms with van der Waals surface area (Å²) in [6.45, 7) is 0. The van der Waals surface area contributed by atoms with Crippen molar-refractivity contribution >= 4 is 23.8 Å². The summed E-state index contributed by atoms with van der Waals surface area (Å²) in [5, 5.41) is 12.6. The molecule has 2 unspecified atom stereocenters. The second-order valence-corrected chi connectivity index (χ2v) is 10.9. The molecule has 4 saturated carbocycles. The number of carboxylic acids is 1. The van der Waals surface area contributed by atoms with Gasteiger partial charge in [0.05, 0.1) is 24.4 Å². The van der Waals surface area contributed by atoms with E-state index in [2.05, 4.69) is 5.32 Å². The first kappa shape index (κ1) is 24.2. The largest absolute Gasteiger partial charge is 0.480 e. The van der Waals surface area contributed by atoms with Crippen LogP contribution in [0, 0.1) is 22.7 Å². The zero-order chi connectivity index (χ0) is 24.7. The highest BCUT2D eigenvalue weighted by Gasteiger charge is 2.63. The van der Waals surface area contributed by atoms with Gasteiger partial charge >= 0.3 is 11.9 Å². The second-order valence-electron chi connectivity index (χ2n) is 10.9. The molecule has 4 aliphatic rings. The van der Waals surface area contributed by atoms with Crippen molar-refractivity contribution in [3.8, 4) is 0 Å². The molecule has 0 radical (unpaired) electrons. The lowest BCUT2D eigenvalue weighted by Crippen LogP contribution is -2.61. The van der Waals surface area contributed by atoms with E-state index < -0.39 is 22.8 Å². The van der Waals surface area contributed by atoms with Gasteiger partial charge in [-0.1, -0.05) is 24.3 Å². The van der Waals surface area contributed by atoms with Crippen molar-refractivity contribution < 1.29 is 29.0 Å². The molecule has 1 aromatic carbocycles. The summed E-state index contributed by atoms with van der Waals surface area (Å²) in [5.41, 5.74) is 0.294. The molecule has 0 heterocycles. The van der Waals surface area contributed by atoms with Gasteiger partial charge in [0.25, 0.3) is 0 Å². The van der Waals surface area contributed by atoms with Crippen LogP contribution in [0.2, 0.25) is 0 Å². The van der Waals surface area contributed by atoms with Crippen LogP contribution in [-0.4, -0.2) is 61.0 Å². The van der Waals surface area contributed by atoms with Crippen molar-refractivity contribution in [2.24, 2.45) is 22.7 Å². The molecule has 1 aromatic rings. The summed E-state index contributed by atoms with van der Waals surface area (Å²) < 4.78 is 5.12. The summed E-state index contributed by atoms with van der Waals surface area (Å²) >= 11 is 0. The lowest BCUT2D eigenvalue weighted by Gasteiger charge is -2.59. The van der Waals surface area contributed by atoms with Crippen LogP contribution in [0.4, 0.5) is 0 Å². The summed E-state index contributed by atoms with van der Waals surface area (Å²) in [4.78, 5) is 51.7. The van der Waals surface area contributed by atoms with Crippen molar-refractivity contribution in [1.29, 1.82) is 0 Å². The van der Waals surface area contributed by atoms with Gasteiger partial charge in [-0.3, -0.25) is 14.4 Å². The minimum absolute atomic E-state index is 0.0104. The van der Waals surface area contributed by atoms with Crippen LogP contribution >= 0.6 is 0 Å². The van der Waals surface area contributed by atoms with Gasteiger partial charge in [0.1, 0.15) is 6.04 Å². The zero-order valence-corrected chi connectivity index (χ0v) is 20.1. The highest BCUT2D eigenvalue weighted by atomic mass is 16.5. The molecule has 4 fully saturated rings. The van der Waals surface area contributed by atoms with E-state index in [9.17, 15) is 24.3 Å². The van der Waals surface area contributed by atoms with Crippen LogP contribution in [0.1, 0.15) is 49.7 Å². The summed E-state index contributed by atoms with van der Waals surface area (Å²) in [6.07, 6.45) is 4.81. The number of nitrogens with zero attached hydrogens (tertiary/aromatic N) is 1. The number of esters is 1. The van der Waals surface area contributed by atoms with Gasteiger partial charge < -0.3 is 20.1 Å². The van der Waals surface area contributed by atoms with Crippen LogP contribution in [-0.2, 0) is 36.8 Å². The lowest BCUT2D eigenvalue weighted by molar-refractivity contribution is -0.182. The van der Waals surface area contributed by atoms with E-state index in [1.165, 1.54) is 12.0 Å². The number of rotatable bonds is 8. The highest BCUT2D eigenvalue weighted by Crippen LogP contribution is 2.65. The number of hydrogen-bond acceptors (Lipinski definition) is 5. The fourth-order valence-electron chi connectivity index (χ4n) is 6.86. The number of aliphatic carboxylic acids is 1. The third-order valence-corrected chi connectivity index (χ3v) is 8.08. The van der Waals surface area contributed by atoms with Crippen molar-refractivity contribution in [2.75, 3.05) is 21.2 Å². The maximum atomic E-state index is 13.5. The topological polar surface area (TPSA) is 113 Å². The van der Waals surface area contributed by atoms with Gasteiger partial charge in [0.15, 0.2) is 0 Å². The first-order valence-corrected chi connectivity index (χ1v) is 12.0. The Kier molecular flexibility index (Phi) is 6.44. The first-order valence-electron chi connectivity index (χ1n) is 12.0. The third-order valence-electron chi connectivity index (χ3n) is 8.08. The van der Waals surface area contributed by atoms with E-state index in [1.807, 2.05) is 12.1 Å². The van der Waals surface area contributed by atoms with E-state index in [-0.39, 0.29) is 30.6 Å². The van der Waals surface area contributed by atoms with Crippen molar-refractivity contribution in [1.82, 2.24) is 10.2 Å². The molecule has 8 nitrogen and oxygen atoms in total. The maximum Gasteiger partial charge on any atom is 0.326 e. The van der Waals surface area contributed by atoms with Gasteiger partial charge in [-0.25, -0.2) is 4.79 Å². The molecular formula is C26H34N2O6. The quantitative estimate of drug-likeness (QED) is 0.563. The molecule has 0 saturated heterocycles. The van der Waals surface area contributed by atoms with Crippen LogP contribution in [0.25, 0.3) is 0 Å². The van der Waals surface area contributed by atoms with Gasteiger partial charge in [0, 0.05) is 20.5 Å². The molecule has 4 bridgehead atoms. The monoisotopic (exact) mass is 470 g/mol. The lowest BCUT2D eigenvalue weighted by atomic mass is 9.44. The third kappa shape index (κ3) is 4.55. The van der Waals surface area contributed by atoms with Gasteiger partial charge in [-0.15, -0.1) is 0 Å². The Balaban J connectivity index is 1.46. The smallest absolute Gasteiger partial charge is 0.326 e. The van der Waals surface area contributed by atoms with Crippen LogP contribution in [0.15, 0.2) is 24.3 Å². The van der Waals surface area contributed by atoms with Crippen LogP contribution in [0.3, 0.4) is 0 Å². The fraction of sp³-hybridized carbons (Fsp3) is 0.615. The average Bonchev–Trinajstić information content (AvgIpc) is 2.78. The number of ether oxygens (including phenoxy) is 1.